The molecular weight excluding hydrogens is 250 g/mol. The maximum absolute atomic E-state index is 11.7. The summed E-state index contributed by atoms with van der Waals surface area (Å²) in [6.45, 7) is 0. The van der Waals surface area contributed by atoms with Gasteiger partial charge in [-0.2, -0.15) is 0 Å². The third kappa shape index (κ3) is 3.30. The van der Waals surface area contributed by atoms with Crippen LogP contribution in [0.2, 0.25) is 0 Å². The molecule has 0 aliphatic rings. The van der Waals surface area contributed by atoms with E-state index in [1.54, 1.807) is 24.5 Å². The molecule has 1 aromatic heterocycles. The second kappa shape index (κ2) is 6.63. The monoisotopic (exact) mass is 267 g/mol. The number of nitrogens with zero attached hydrogens (tertiary/aromatic N) is 1. The quantitative estimate of drug-likeness (QED) is 0.813. The molecule has 4 nitrogen and oxygen atoms in total. The summed E-state index contributed by atoms with van der Waals surface area (Å²) in [4.78, 5) is 15.6. The van der Waals surface area contributed by atoms with Crippen molar-refractivity contribution in [3.05, 3.63) is 72.1 Å². The van der Waals surface area contributed by atoms with Crippen molar-refractivity contribution in [2.24, 2.45) is 5.73 Å². The first-order valence-electron chi connectivity index (χ1n) is 6.36. The zero-order valence-corrected chi connectivity index (χ0v) is 11.3. The molecule has 0 saturated heterocycles. The van der Waals surface area contributed by atoms with Crippen LogP contribution in [0.4, 0.5) is 0 Å². The van der Waals surface area contributed by atoms with Gasteiger partial charge in [-0.05, 0) is 36.4 Å². The molecule has 2 rings (SSSR count). The molecule has 0 saturated carbocycles. The van der Waals surface area contributed by atoms with Crippen LogP contribution in [0.1, 0.15) is 17.2 Å². The minimum absolute atomic E-state index is 0.0770. The number of nitrogens with two attached hydrogens (primary N) is 1. The van der Waals surface area contributed by atoms with Gasteiger partial charge in [0, 0.05) is 18.0 Å². The van der Waals surface area contributed by atoms with Crippen LogP contribution >= 0.6 is 0 Å². The molecule has 0 bridgehead atoms. The lowest BCUT2D eigenvalue weighted by atomic mass is 10.00. The molecule has 1 atom stereocenters. The van der Waals surface area contributed by atoms with E-state index in [4.69, 9.17) is 5.73 Å². The van der Waals surface area contributed by atoms with Crippen molar-refractivity contribution in [2.75, 3.05) is 7.05 Å². The van der Waals surface area contributed by atoms with Crippen molar-refractivity contribution in [3.63, 3.8) is 0 Å². The molecule has 4 heteroatoms. The summed E-state index contributed by atoms with van der Waals surface area (Å²) in [5.41, 5.74) is 7.82. The first-order valence-corrected chi connectivity index (χ1v) is 6.36. The number of primary amides is 1. The molecule has 1 heterocycles. The SMILES string of the molecule is CNC(/C=C(\C(N)=O)c1ccncc1)c1ccccc1. The fourth-order valence-electron chi connectivity index (χ4n) is 2.03. The number of rotatable bonds is 5. The van der Waals surface area contributed by atoms with Crippen LogP contribution in [0.5, 0.6) is 0 Å². The van der Waals surface area contributed by atoms with E-state index in [-0.39, 0.29) is 6.04 Å². The van der Waals surface area contributed by atoms with E-state index in [0.717, 1.165) is 11.1 Å². The predicted molar refractivity (Wildman–Crippen MR) is 79.7 cm³/mol. The van der Waals surface area contributed by atoms with Crippen LogP contribution in [0.25, 0.3) is 5.57 Å². The number of nitrogens with one attached hydrogen (secondary N) is 1. The molecule has 1 amide bonds. The van der Waals surface area contributed by atoms with E-state index in [9.17, 15) is 4.79 Å². The zero-order valence-electron chi connectivity index (χ0n) is 11.3. The van der Waals surface area contributed by atoms with Crippen LogP contribution in [0, 0.1) is 0 Å². The molecular formula is C16H17N3O. The van der Waals surface area contributed by atoms with E-state index in [1.165, 1.54) is 0 Å². The zero-order chi connectivity index (χ0) is 14.4. The smallest absolute Gasteiger partial charge is 0.249 e. The van der Waals surface area contributed by atoms with Crippen LogP contribution in [0.3, 0.4) is 0 Å². The van der Waals surface area contributed by atoms with Gasteiger partial charge in [0.15, 0.2) is 0 Å². The Labute approximate surface area is 118 Å². The Bertz CT molecular complexity index is 594. The molecule has 0 aliphatic carbocycles. The lowest BCUT2D eigenvalue weighted by Gasteiger charge is -2.14. The maximum Gasteiger partial charge on any atom is 0.249 e. The molecule has 0 aliphatic heterocycles. The summed E-state index contributed by atoms with van der Waals surface area (Å²) in [6.07, 6.45) is 5.12. The minimum Gasteiger partial charge on any atom is -0.366 e. The standard InChI is InChI=1S/C16H17N3O/c1-18-15(13-5-3-2-4-6-13)11-14(16(17)20)12-7-9-19-10-8-12/h2-11,15,18H,1H3,(H2,17,20)/b14-11-. The van der Waals surface area contributed by atoms with Gasteiger partial charge in [-0.1, -0.05) is 30.3 Å². The lowest BCUT2D eigenvalue weighted by Crippen LogP contribution is -2.18. The van der Waals surface area contributed by atoms with Crippen LogP contribution in [0.15, 0.2) is 60.9 Å². The number of amides is 1. The van der Waals surface area contributed by atoms with Crippen molar-refractivity contribution in [1.82, 2.24) is 10.3 Å². The number of carbonyl (C=O) groups excluding carboxylic acids is 1. The Hall–Kier alpha value is -2.46. The lowest BCUT2D eigenvalue weighted by molar-refractivity contribution is -0.112. The Balaban J connectivity index is 2.40. The second-order valence-electron chi connectivity index (χ2n) is 4.36. The molecule has 3 N–H and O–H groups in total. The van der Waals surface area contributed by atoms with E-state index in [0.29, 0.717) is 5.57 Å². The number of likely N-dealkylation sites (N-methyl/N-ethyl adjacent to an activating group) is 1. The van der Waals surface area contributed by atoms with Crippen molar-refractivity contribution in [1.29, 1.82) is 0 Å². The summed E-state index contributed by atoms with van der Waals surface area (Å²) in [6, 6.07) is 13.4. The molecule has 0 spiro atoms. The highest BCUT2D eigenvalue weighted by Gasteiger charge is 2.12. The van der Waals surface area contributed by atoms with Gasteiger partial charge in [0.25, 0.3) is 0 Å². The van der Waals surface area contributed by atoms with Crippen molar-refractivity contribution in [3.8, 4) is 0 Å². The number of carbonyl (C=O) groups is 1. The average molecular weight is 267 g/mol. The first kappa shape index (κ1) is 14.0. The topological polar surface area (TPSA) is 68.0 Å². The molecule has 1 aromatic carbocycles. The molecule has 0 radical (unpaired) electrons. The van der Waals surface area contributed by atoms with E-state index >= 15 is 0 Å². The fraction of sp³-hybridized carbons (Fsp3) is 0.125. The molecule has 20 heavy (non-hydrogen) atoms. The van der Waals surface area contributed by atoms with Crippen molar-refractivity contribution in [2.45, 2.75) is 6.04 Å². The van der Waals surface area contributed by atoms with E-state index in [2.05, 4.69) is 10.3 Å². The number of benzene rings is 1. The number of hydrogen-bond acceptors (Lipinski definition) is 3. The van der Waals surface area contributed by atoms with Crippen molar-refractivity contribution < 1.29 is 4.79 Å². The Morgan fingerprint density at radius 3 is 2.40 bits per heavy atom. The highest BCUT2D eigenvalue weighted by Crippen LogP contribution is 2.20. The number of pyridine rings is 1. The number of aromatic nitrogens is 1. The first-order chi connectivity index (χ1) is 9.72. The Kier molecular flexibility index (Phi) is 4.63. The Morgan fingerprint density at radius 2 is 1.85 bits per heavy atom. The Morgan fingerprint density at radius 1 is 1.20 bits per heavy atom. The van der Waals surface area contributed by atoms with Gasteiger partial charge < -0.3 is 11.1 Å². The summed E-state index contributed by atoms with van der Waals surface area (Å²) >= 11 is 0. The van der Waals surface area contributed by atoms with Crippen LogP contribution in [-0.2, 0) is 4.79 Å². The van der Waals surface area contributed by atoms with Crippen molar-refractivity contribution >= 4 is 11.5 Å². The molecule has 1 unspecified atom stereocenters. The van der Waals surface area contributed by atoms with Gasteiger partial charge in [-0.15, -0.1) is 0 Å². The van der Waals surface area contributed by atoms with E-state index in [1.807, 2.05) is 43.5 Å². The normalized spacial score (nSPS) is 12.9. The number of hydrogen-bond donors (Lipinski definition) is 2. The third-order valence-electron chi connectivity index (χ3n) is 3.06. The van der Waals surface area contributed by atoms with Gasteiger partial charge in [0.2, 0.25) is 5.91 Å². The minimum atomic E-state index is -0.451. The summed E-state index contributed by atoms with van der Waals surface area (Å²) < 4.78 is 0. The van der Waals surface area contributed by atoms with Crippen LogP contribution < -0.4 is 11.1 Å². The maximum atomic E-state index is 11.7. The largest absolute Gasteiger partial charge is 0.366 e. The second-order valence-corrected chi connectivity index (χ2v) is 4.36. The fourth-order valence-corrected chi connectivity index (χ4v) is 2.03. The highest BCUT2D eigenvalue weighted by atomic mass is 16.1. The van der Waals surface area contributed by atoms with E-state index < -0.39 is 5.91 Å². The average Bonchev–Trinajstić information content (AvgIpc) is 2.50. The highest BCUT2D eigenvalue weighted by molar-refractivity contribution is 6.18. The third-order valence-corrected chi connectivity index (χ3v) is 3.06. The van der Waals surface area contributed by atoms with Gasteiger partial charge in [-0.25, -0.2) is 0 Å². The summed E-state index contributed by atoms with van der Waals surface area (Å²) in [7, 11) is 1.85. The summed E-state index contributed by atoms with van der Waals surface area (Å²) in [5.74, 6) is -0.451. The van der Waals surface area contributed by atoms with Gasteiger partial charge in [-0.3, -0.25) is 9.78 Å². The predicted octanol–water partition coefficient (Wildman–Crippen LogP) is 1.91. The molecule has 0 fully saturated rings. The van der Waals surface area contributed by atoms with Gasteiger partial charge >= 0.3 is 0 Å². The molecule has 102 valence electrons. The van der Waals surface area contributed by atoms with Gasteiger partial charge in [0.05, 0.1) is 6.04 Å². The summed E-state index contributed by atoms with van der Waals surface area (Å²) in [5, 5.41) is 3.17. The van der Waals surface area contributed by atoms with Gasteiger partial charge in [0.1, 0.15) is 0 Å². The molecule has 2 aromatic rings. The van der Waals surface area contributed by atoms with Crippen LogP contribution in [-0.4, -0.2) is 17.9 Å².